The molecule has 33 heavy (non-hydrogen) atoms. The van der Waals surface area contributed by atoms with E-state index in [0.717, 1.165) is 0 Å². The number of aliphatic hydroxyl groups excluding tert-OH is 1. The Morgan fingerprint density at radius 3 is 2.00 bits per heavy atom. The van der Waals surface area contributed by atoms with Crippen LogP contribution in [0.25, 0.3) is 0 Å². The topological polar surface area (TPSA) is 57.2 Å². The zero-order valence-corrected chi connectivity index (χ0v) is 21.5. The van der Waals surface area contributed by atoms with Crippen LogP contribution in [0.4, 0.5) is 0 Å². The fourth-order valence-corrected chi connectivity index (χ4v) is 8.79. The van der Waals surface area contributed by atoms with Gasteiger partial charge < -0.3 is 23.7 Å². The Kier molecular flexibility index (Phi) is 11.5. The molecule has 2 aromatic carbocycles. The number of rotatable bonds is 15. The molecule has 0 amide bonds. The minimum atomic E-state index is -2.69. The first-order valence-corrected chi connectivity index (χ1v) is 13.5. The molecule has 0 saturated heterocycles. The van der Waals surface area contributed by atoms with Crippen molar-refractivity contribution in [3.8, 4) is 0 Å². The molecule has 0 aliphatic carbocycles. The van der Waals surface area contributed by atoms with Gasteiger partial charge in [0.2, 0.25) is 0 Å². The fourth-order valence-electron chi connectivity index (χ4n) is 4.17. The Bertz CT molecular complexity index is 752. The van der Waals surface area contributed by atoms with Gasteiger partial charge in [0.05, 0.1) is 25.9 Å². The van der Waals surface area contributed by atoms with Crippen LogP contribution >= 0.6 is 0 Å². The Labute approximate surface area is 200 Å². The molecule has 6 heteroatoms. The molecule has 0 fully saturated rings. The molecular weight excluding hydrogens is 432 g/mol. The summed E-state index contributed by atoms with van der Waals surface area (Å²) >= 11 is 0. The maximum Gasteiger partial charge on any atom is 0.261 e. The molecule has 2 atom stereocenters. The van der Waals surface area contributed by atoms with Crippen LogP contribution in [0, 0.1) is 5.92 Å². The van der Waals surface area contributed by atoms with E-state index in [0.29, 0.717) is 26.2 Å². The average Bonchev–Trinajstić information content (AvgIpc) is 2.82. The third-order valence-electron chi connectivity index (χ3n) is 5.89. The molecule has 0 unspecified atom stereocenters. The van der Waals surface area contributed by atoms with Crippen LogP contribution in [0.3, 0.4) is 0 Å². The van der Waals surface area contributed by atoms with Crippen molar-refractivity contribution in [2.75, 3.05) is 40.3 Å². The van der Waals surface area contributed by atoms with E-state index in [9.17, 15) is 5.11 Å². The number of benzene rings is 2. The summed E-state index contributed by atoms with van der Waals surface area (Å²) in [4.78, 5) is 0. The molecule has 182 valence electrons. The fraction of sp³-hybridized carbons (Fsp3) is 0.481. The predicted molar refractivity (Wildman–Crippen MR) is 137 cm³/mol. The summed E-state index contributed by atoms with van der Waals surface area (Å²) in [7, 11) is -1.05. The molecule has 0 heterocycles. The molecule has 1 N–H and O–H groups in total. The molecule has 0 aromatic heterocycles. The van der Waals surface area contributed by atoms with E-state index in [1.54, 1.807) is 7.11 Å². The number of aliphatic hydroxyl groups is 1. The smallest absolute Gasteiger partial charge is 0.261 e. The van der Waals surface area contributed by atoms with Crippen molar-refractivity contribution in [2.45, 2.75) is 38.3 Å². The SMILES string of the molecule is C=CC[C@@H](OCOCCOC)[C@@H](CO)CO[Si](c1ccccc1)(c1ccccc1)C(C)(C)C. The van der Waals surface area contributed by atoms with E-state index in [1.807, 2.05) is 18.2 Å². The summed E-state index contributed by atoms with van der Waals surface area (Å²) < 4.78 is 23.5. The first-order chi connectivity index (χ1) is 15.9. The first kappa shape index (κ1) is 27.4. The van der Waals surface area contributed by atoms with Crippen LogP contribution in [0.15, 0.2) is 73.3 Å². The predicted octanol–water partition coefficient (Wildman–Crippen LogP) is 3.75. The molecule has 0 bridgehead atoms. The van der Waals surface area contributed by atoms with Gasteiger partial charge >= 0.3 is 0 Å². The van der Waals surface area contributed by atoms with Crippen LogP contribution in [-0.4, -0.2) is 59.9 Å². The van der Waals surface area contributed by atoms with Crippen molar-refractivity contribution < 1.29 is 23.7 Å². The molecule has 0 radical (unpaired) electrons. The zero-order chi connectivity index (χ0) is 24.2. The largest absolute Gasteiger partial charge is 0.407 e. The van der Waals surface area contributed by atoms with E-state index in [2.05, 4.69) is 75.9 Å². The Morgan fingerprint density at radius 2 is 1.55 bits per heavy atom. The third kappa shape index (κ3) is 7.34. The van der Waals surface area contributed by atoms with Gasteiger partial charge in [-0.05, 0) is 21.8 Å². The van der Waals surface area contributed by atoms with Gasteiger partial charge in [-0.1, -0.05) is 87.5 Å². The van der Waals surface area contributed by atoms with Crippen molar-refractivity contribution in [2.24, 2.45) is 5.92 Å². The highest BCUT2D eigenvalue weighted by molar-refractivity contribution is 6.99. The quantitative estimate of drug-likeness (QED) is 0.185. The summed E-state index contributed by atoms with van der Waals surface area (Å²) in [5.74, 6) is -0.212. The highest BCUT2D eigenvalue weighted by Crippen LogP contribution is 2.37. The van der Waals surface area contributed by atoms with Gasteiger partial charge in [0.15, 0.2) is 0 Å². The third-order valence-corrected chi connectivity index (χ3v) is 10.9. The van der Waals surface area contributed by atoms with Gasteiger partial charge in [-0.15, -0.1) is 6.58 Å². The van der Waals surface area contributed by atoms with Crippen LogP contribution in [0.5, 0.6) is 0 Å². The van der Waals surface area contributed by atoms with Crippen molar-refractivity contribution in [3.63, 3.8) is 0 Å². The number of ether oxygens (including phenoxy) is 3. The highest BCUT2D eigenvalue weighted by Gasteiger charge is 2.50. The van der Waals surface area contributed by atoms with E-state index in [4.69, 9.17) is 18.6 Å². The van der Waals surface area contributed by atoms with Crippen LogP contribution < -0.4 is 10.4 Å². The normalized spacial score (nSPS) is 14.1. The second-order valence-electron chi connectivity index (χ2n) is 9.17. The Hall–Kier alpha value is -1.80. The van der Waals surface area contributed by atoms with Crippen molar-refractivity contribution in [3.05, 3.63) is 73.3 Å². The molecule has 0 saturated carbocycles. The van der Waals surface area contributed by atoms with Gasteiger partial charge in [0.25, 0.3) is 8.32 Å². The summed E-state index contributed by atoms with van der Waals surface area (Å²) in [5, 5.41) is 12.6. The lowest BCUT2D eigenvalue weighted by atomic mass is 10.0. The zero-order valence-electron chi connectivity index (χ0n) is 20.5. The maximum absolute atomic E-state index is 10.3. The van der Waals surface area contributed by atoms with Crippen LogP contribution in [-0.2, 0) is 18.6 Å². The number of methoxy groups -OCH3 is 1. The molecule has 0 aliphatic heterocycles. The molecular formula is C27H40O5Si. The summed E-state index contributed by atoms with van der Waals surface area (Å²) in [6.45, 7) is 12.0. The molecule has 2 rings (SSSR count). The lowest BCUT2D eigenvalue weighted by Gasteiger charge is -2.44. The first-order valence-electron chi connectivity index (χ1n) is 11.6. The van der Waals surface area contributed by atoms with E-state index >= 15 is 0 Å². The van der Waals surface area contributed by atoms with E-state index in [1.165, 1.54) is 10.4 Å². The number of hydrogen-bond acceptors (Lipinski definition) is 5. The van der Waals surface area contributed by atoms with Crippen LogP contribution in [0.1, 0.15) is 27.2 Å². The maximum atomic E-state index is 10.3. The van der Waals surface area contributed by atoms with E-state index < -0.39 is 8.32 Å². The van der Waals surface area contributed by atoms with Gasteiger partial charge in [0.1, 0.15) is 6.79 Å². The molecule has 0 spiro atoms. The standard InChI is InChI=1S/C27H40O5Si/c1-6-13-26(31-22-30-19-18-29-5)23(20-28)21-32-33(27(2,3)4,24-14-9-7-10-15-24)25-16-11-8-12-17-25/h6-12,14-17,23,26,28H,1,13,18-22H2,2-5H3/t23-,26+/m0/s1. The monoisotopic (exact) mass is 472 g/mol. The van der Waals surface area contributed by atoms with Gasteiger partial charge in [0, 0.05) is 19.6 Å². The average molecular weight is 473 g/mol. The Morgan fingerprint density at radius 1 is 0.970 bits per heavy atom. The van der Waals surface area contributed by atoms with Gasteiger partial charge in [-0.2, -0.15) is 0 Å². The molecule has 0 aliphatic rings. The minimum Gasteiger partial charge on any atom is -0.407 e. The van der Waals surface area contributed by atoms with Crippen LogP contribution in [0.2, 0.25) is 5.04 Å². The molecule has 5 nitrogen and oxygen atoms in total. The lowest BCUT2D eigenvalue weighted by Crippen LogP contribution is -2.67. The number of hydrogen-bond donors (Lipinski definition) is 1. The van der Waals surface area contributed by atoms with E-state index in [-0.39, 0.29) is 30.5 Å². The summed E-state index contributed by atoms with van der Waals surface area (Å²) in [6.07, 6.45) is 2.15. The summed E-state index contributed by atoms with van der Waals surface area (Å²) in [5.41, 5.74) is 0. The van der Waals surface area contributed by atoms with Gasteiger partial charge in [-0.25, -0.2) is 0 Å². The second-order valence-corrected chi connectivity index (χ2v) is 13.5. The van der Waals surface area contributed by atoms with Crippen molar-refractivity contribution >= 4 is 18.7 Å². The molecule has 2 aromatic rings. The van der Waals surface area contributed by atoms with Crippen molar-refractivity contribution in [1.82, 2.24) is 0 Å². The lowest BCUT2D eigenvalue weighted by molar-refractivity contribution is -0.121. The second kappa shape index (κ2) is 13.8. The minimum absolute atomic E-state index is 0.0468. The van der Waals surface area contributed by atoms with Crippen molar-refractivity contribution in [1.29, 1.82) is 0 Å². The highest BCUT2D eigenvalue weighted by atomic mass is 28.4. The Balaban J connectivity index is 2.32. The van der Waals surface area contributed by atoms with Gasteiger partial charge in [-0.3, -0.25) is 0 Å². The summed E-state index contributed by atoms with van der Waals surface area (Å²) in [6, 6.07) is 21.0.